The number of fused-ring (bicyclic) bond motifs is 2. The molecule has 2 aromatic carbocycles. The number of ether oxygens (including phenoxy) is 1. The minimum Gasteiger partial charge on any atom is -0.462 e. The number of benzene rings is 2. The number of aromatic nitrogens is 3. The van der Waals surface area contributed by atoms with Crippen molar-refractivity contribution in [3.63, 3.8) is 0 Å². The van der Waals surface area contributed by atoms with Crippen molar-refractivity contribution in [2.45, 2.75) is 46.5 Å². The molecule has 0 aliphatic carbocycles. The molecule has 0 bridgehead atoms. The number of nitrogen functional groups attached to an aromatic ring is 1. The van der Waals surface area contributed by atoms with E-state index in [1.807, 2.05) is 43.3 Å². The Morgan fingerprint density at radius 1 is 1.00 bits per heavy atom. The van der Waals surface area contributed by atoms with Crippen LogP contribution in [0.5, 0.6) is 0 Å². The van der Waals surface area contributed by atoms with E-state index in [0.29, 0.717) is 35.0 Å². The Morgan fingerprint density at radius 3 is 2.28 bits per heavy atom. The lowest BCUT2D eigenvalue weighted by Gasteiger charge is -2.12. The standard InChI is InChI=1S/C26H30N4O2/c1-5-16(3)15-32-26(31)22-23-25(29-21-10-8-7-9-20(21)28-23)30(24(22)27)19-13-11-18(12-14-19)17(4)6-2/h7-14,16-17H,5-6,15,27H2,1-4H3. The second-order valence-electron chi connectivity index (χ2n) is 8.49. The summed E-state index contributed by atoms with van der Waals surface area (Å²) in [6, 6.07) is 15.8. The van der Waals surface area contributed by atoms with Gasteiger partial charge in [-0.1, -0.05) is 58.4 Å². The molecule has 0 spiro atoms. The largest absolute Gasteiger partial charge is 0.462 e. The maximum Gasteiger partial charge on any atom is 0.344 e. The van der Waals surface area contributed by atoms with Crippen molar-refractivity contribution in [1.29, 1.82) is 0 Å². The van der Waals surface area contributed by atoms with Crippen LogP contribution in [0.25, 0.3) is 27.9 Å². The molecule has 4 rings (SSSR count). The predicted octanol–water partition coefficient (Wildman–Crippen LogP) is 5.87. The Labute approximate surface area is 188 Å². The highest BCUT2D eigenvalue weighted by atomic mass is 16.5. The number of hydrogen-bond acceptors (Lipinski definition) is 5. The fourth-order valence-electron chi connectivity index (χ4n) is 3.72. The molecule has 0 fully saturated rings. The van der Waals surface area contributed by atoms with Crippen molar-refractivity contribution >= 4 is 34.0 Å². The molecule has 0 radical (unpaired) electrons. The Kier molecular flexibility index (Phi) is 6.12. The summed E-state index contributed by atoms with van der Waals surface area (Å²) in [7, 11) is 0. The Balaban J connectivity index is 1.89. The van der Waals surface area contributed by atoms with Gasteiger partial charge in [0.2, 0.25) is 0 Å². The molecule has 2 atom stereocenters. The monoisotopic (exact) mass is 430 g/mol. The van der Waals surface area contributed by atoms with Crippen molar-refractivity contribution in [3.8, 4) is 5.69 Å². The molecule has 32 heavy (non-hydrogen) atoms. The fraction of sp³-hybridized carbons (Fsp3) is 0.346. The molecular weight excluding hydrogens is 400 g/mol. The smallest absolute Gasteiger partial charge is 0.344 e. The molecule has 2 aromatic heterocycles. The molecule has 0 aliphatic rings. The van der Waals surface area contributed by atoms with E-state index in [4.69, 9.17) is 20.4 Å². The molecule has 166 valence electrons. The van der Waals surface area contributed by atoms with Gasteiger partial charge in [0.1, 0.15) is 16.9 Å². The van der Waals surface area contributed by atoms with Crippen LogP contribution in [0.1, 0.15) is 62.4 Å². The van der Waals surface area contributed by atoms with Gasteiger partial charge in [0, 0.05) is 5.69 Å². The van der Waals surface area contributed by atoms with Crippen molar-refractivity contribution in [2.24, 2.45) is 5.92 Å². The Morgan fingerprint density at radius 2 is 1.66 bits per heavy atom. The predicted molar refractivity (Wildman–Crippen MR) is 129 cm³/mol. The number of nitrogens with zero attached hydrogens (tertiary/aromatic N) is 3. The number of anilines is 1. The summed E-state index contributed by atoms with van der Waals surface area (Å²) in [6.45, 7) is 8.84. The molecule has 6 nitrogen and oxygen atoms in total. The van der Waals surface area contributed by atoms with E-state index in [9.17, 15) is 4.79 Å². The zero-order chi connectivity index (χ0) is 22.8. The molecule has 2 heterocycles. The van der Waals surface area contributed by atoms with Crippen LogP contribution in [0, 0.1) is 5.92 Å². The summed E-state index contributed by atoms with van der Waals surface area (Å²) >= 11 is 0. The minimum atomic E-state index is -0.465. The van der Waals surface area contributed by atoms with Gasteiger partial charge in [0.25, 0.3) is 0 Å². The number of para-hydroxylation sites is 2. The van der Waals surface area contributed by atoms with E-state index in [2.05, 4.69) is 32.9 Å². The quantitative estimate of drug-likeness (QED) is 0.371. The van der Waals surface area contributed by atoms with Gasteiger partial charge in [0.05, 0.1) is 17.6 Å². The van der Waals surface area contributed by atoms with Crippen LogP contribution in [0.3, 0.4) is 0 Å². The normalized spacial score (nSPS) is 13.4. The molecule has 2 unspecified atom stereocenters. The van der Waals surface area contributed by atoms with E-state index < -0.39 is 5.97 Å². The van der Waals surface area contributed by atoms with Crippen LogP contribution in [0.2, 0.25) is 0 Å². The van der Waals surface area contributed by atoms with Gasteiger partial charge in [-0.3, -0.25) is 4.57 Å². The average molecular weight is 431 g/mol. The topological polar surface area (TPSA) is 83.0 Å². The molecule has 2 N–H and O–H groups in total. The zero-order valence-corrected chi connectivity index (χ0v) is 19.1. The second kappa shape index (κ2) is 8.99. The maximum absolute atomic E-state index is 13.1. The van der Waals surface area contributed by atoms with Gasteiger partial charge < -0.3 is 10.5 Å². The lowest BCUT2D eigenvalue weighted by atomic mass is 9.99. The number of carbonyl (C=O) groups is 1. The van der Waals surface area contributed by atoms with Gasteiger partial charge in [-0.15, -0.1) is 0 Å². The molecule has 4 aromatic rings. The van der Waals surface area contributed by atoms with E-state index >= 15 is 0 Å². The SMILES string of the molecule is CCC(C)COC(=O)c1c(N)n(-c2ccc(C(C)CC)cc2)c2nc3ccccc3nc12. The Bertz CT molecular complexity index is 1260. The molecule has 0 amide bonds. The third-order valence-corrected chi connectivity index (χ3v) is 6.23. The lowest BCUT2D eigenvalue weighted by molar-refractivity contribution is 0.0450. The molecule has 0 saturated carbocycles. The van der Waals surface area contributed by atoms with Crippen molar-refractivity contribution in [2.75, 3.05) is 12.3 Å². The second-order valence-corrected chi connectivity index (χ2v) is 8.49. The van der Waals surface area contributed by atoms with Crippen molar-refractivity contribution in [1.82, 2.24) is 14.5 Å². The van der Waals surface area contributed by atoms with Crippen LogP contribution in [0.4, 0.5) is 5.82 Å². The van der Waals surface area contributed by atoms with Gasteiger partial charge >= 0.3 is 5.97 Å². The number of carbonyl (C=O) groups excluding carboxylic acids is 1. The first kappa shape index (κ1) is 21.8. The summed E-state index contributed by atoms with van der Waals surface area (Å²) < 4.78 is 7.40. The number of hydrogen-bond donors (Lipinski definition) is 1. The maximum atomic E-state index is 13.1. The van der Waals surface area contributed by atoms with E-state index in [-0.39, 0.29) is 11.5 Å². The van der Waals surface area contributed by atoms with Crippen molar-refractivity contribution < 1.29 is 9.53 Å². The van der Waals surface area contributed by atoms with Gasteiger partial charge in [-0.05, 0) is 48.1 Å². The number of rotatable bonds is 7. The number of esters is 1. The highest BCUT2D eigenvalue weighted by Crippen LogP contribution is 2.32. The fourth-order valence-corrected chi connectivity index (χ4v) is 3.72. The first-order chi connectivity index (χ1) is 15.4. The molecule has 0 aliphatic heterocycles. The van der Waals surface area contributed by atoms with E-state index in [1.165, 1.54) is 5.56 Å². The van der Waals surface area contributed by atoms with Crippen LogP contribution >= 0.6 is 0 Å². The minimum absolute atomic E-state index is 0.271. The van der Waals surface area contributed by atoms with Gasteiger partial charge in [-0.2, -0.15) is 0 Å². The van der Waals surface area contributed by atoms with Crippen molar-refractivity contribution in [3.05, 3.63) is 59.7 Å². The van der Waals surface area contributed by atoms with E-state index in [1.54, 1.807) is 4.57 Å². The summed E-state index contributed by atoms with van der Waals surface area (Å²) in [5.41, 5.74) is 11.4. The average Bonchev–Trinajstić information content (AvgIpc) is 3.10. The summed E-state index contributed by atoms with van der Waals surface area (Å²) in [6.07, 6.45) is 2.00. The zero-order valence-electron chi connectivity index (χ0n) is 19.1. The molecule has 6 heteroatoms. The van der Waals surface area contributed by atoms with Gasteiger partial charge in [0.15, 0.2) is 5.65 Å². The van der Waals surface area contributed by atoms with E-state index in [0.717, 1.165) is 24.0 Å². The van der Waals surface area contributed by atoms with Crippen LogP contribution in [-0.2, 0) is 4.74 Å². The van der Waals surface area contributed by atoms with Gasteiger partial charge in [-0.25, -0.2) is 14.8 Å². The molecule has 0 saturated heterocycles. The molecular formula is C26H30N4O2. The Hall–Kier alpha value is -3.41. The first-order valence-corrected chi connectivity index (χ1v) is 11.3. The summed E-state index contributed by atoms with van der Waals surface area (Å²) in [5.74, 6) is 0.569. The highest BCUT2D eigenvalue weighted by Gasteiger charge is 2.26. The lowest BCUT2D eigenvalue weighted by Crippen LogP contribution is -2.13. The highest BCUT2D eigenvalue weighted by molar-refractivity contribution is 6.09. The third-order valence-electron chi connectivity index (χ3n) is 6.23. The number of nitrogens with two attached hydrogens (primary N) is 1. The third kappa shape index (κ3) is 3.93. The summed E-state index contributed by atoms with van der Waals surface area (Å²) in [5, 5.41) is 0. The summed E-state index contributed by atoms with van der Waals surface area (Å²) in [4.78, 5) is 22.6. The first-order valence-electron chi connectivity index (χ1n) is 11.3. The van der Waals surface area contributed by atoms with Crippen LogP contribution < -0.4 is 5.73 Å². The van der Waals surface area contributed by atoms with Crippen LogP contribution in [0.15, 0.2) is 48.5 Å². The van der Waals surface area contributed by atoms with Crippen LogP contribution in [-0.4, -0.2) is 27.1 Å².